The van der Waals surface area contributed by atoms with Gasteiger partial charge in [-0.3, -0.25) is 0 Å². The van der Waals surface area contributed by atoms with Crippen molar-refractivity contribution >= 4 is 33.3 Å². The highest BCUT2D eigenvalue weighted by Crippen LogP contribution is 2.22. The summed E-state index contributed by atoms with van der Waals surface area (Å²) in [6, 6.07) is 1.83. The van der Waals surface area contributed by atoms with Gasteiger partial charge in [0.2, 0.25) is 0 Å². The Morgan fingerprint density at radius 2 is 2.20 bits per heavy atom. The molecule has 0 saturated carbocycles. The van der Waals surface area contributed by atoms with Gasteiger partial charge in [-0.15, -0.1) is 0 Å². The van der Waals surface area contributed by atoms with Crippen LogP contribution in [0.4, 0.5) is 5.82 Å². The molecule has 1 rings (SSSR count). The molecule has 1 aromatic rings. The van der Waals surface area contributed by atoms with E-state index in [4.69, 9.17) is 11.6 Å². The van der Waals surface area contributed by atoms with E-state index in [1.165, 1.54) is 0 Å². The van der Waals surface area contributed by atoms with E-state index in [1.807, 2.05) is 6.07 Å². The average Bonchev–Trinajstić information content (AvgIpc) is 2.20. The molecular weight excluding hydrogens is 277 g/mol. The summed E-state index contributed by atoms with van der Waals surface area (Å²) in [5.74, 6) is 0.831. The van der Waals surface area contributed by atoms with Crippen molar-refractivity contribution < 1.29 is 0 Å². The molecule has 0 spiro atoms. The molecule has 0 bridgehead atoms. The Labute approximate surface area is 104 Å². The number of hydrogen-bond acceptors (Lipinski definition) is 3. The zero-order valence-electron chi connectivity index (χ0n) is 8.69. The van der Waals surface area contributed by atoms with Crippen molar-refractivity contribution in [2.45, 2.75) is 13.3 Å². The second kappa shape index (κ2) is 7.04. The Morgan fingerprint density at radius 3 is 2.87 bits per heavy atom. The first-order valence-corrected chi connectivity index (χ1v) is 6.16. The predicted molar refractivity (Wildman–Crippen MR) is 68.6 cm³/mol. The zero-order valence-corrected chi connectivity index (χ0v) is 11.0. The Hall–Kier alpha value is -0.320. The van der Waals surface area contributed by atoms with Gasteiger partial charge in [0.15, 0.2) is 0 Å². The fraction of sp³-hybridized carbons (Fsp3) is 0.500. The summed E-state index contributed by atoms with van der Waals surface area (Å²) in [5.41, 5.74) is 0. The lowest BCUT2D eigenvalue weighted by atomic mass is 10.4. The van der Waals surface area contributed by atoms with E-state index >= 15 is 0 Å². The SMILES string of the molecule is CCCNCCNc1ncc(Cl)cc1Br. The van der Waals surface area contributed by atoms with Crippen molar-refractivity contribution in [1.29, 1.82) is 0 Å². The van der Waals surface area contributed by atoms with Crippen LogP contribution in [0.15, 0.2) is 16.7 Å². The van der Waals surface area contributed by atoms with Crippen molar-refractivity contribution in [2.75, 3.05) is 25.0 Å². The van der Waals surface area contributed by atoms with E-state index in [2.05, 4.69) is 38.5 Å². The molecule has 0 atom stereocenters. The van der Waals surface area contributed by atoms with Crippen LogP contribution in [-0.4, -0.2) is 24.6 Å². The maximum atomic E-state index is 5.79. The van der Waals surface area contributed by atoms with Crippen LogP contribution in [0.2, 0.25) is 5.02 Å². The van der Waals surface area contributed by atoms with Gasteiger partial charge in [0.05, 0.1) is 9.50 Å². The molecule has 0 aliphatic rings. The van der Waals surface area contributed by atoms with Crippen LogP contribution in [0.5, 0.6) is 0 Å². The van der Waals surface area contributed by atoms with Crippen LogP contribution in [0, 0.1) is 0 Å². The van der Waals surface area contributed by atoms with Crippen LogP contribution in [0.3, 0.4) is 0 Å². The van der Waals surface area contributed by atoms with Gasteiger partial charge in [0.25, 0.3) is 0 Å². The molecule has 0 unspecified atom stereocenters. The third kappa shape index (κ3) is 4.82. The minimum absolute atomic E-state index is 0.636. The van der Waals surface area contributed by atoms with Crippen LogP contribution < -0.4 is 10.6 Å². The molecule has 5 heteroatoms. The van der Waals surface area contributed by atoms with Gasteiger partial charge in [0.1, 0.15) is 5.82 Å². The maximum absolute atomic E-state index is 5.79. The zero-order chi connectivity index (χ0) is 11.1. The monoisotopic (exact) mass is 291 g/mol. The molecule has 0 amide bonds. The molecule has 0 saturated heterocycles. The largest absolute Gasteiger partial charge is 0.368 e. The summed E-state index contributed by atoms with van der Waals surface area (Å²) in [6.45, 7) is 4.99. The van der Waals surface area contributed by atoms with Crippen molar-refractivity contribution in [3.63, 3.8) is 0 Å². The Morgan fingerprint density at radius 1 is 1.40 bits per heavy atom. The van der Waals surface area contributed by atoms with Crippen LogP contribution >= 0.6 is 27.5 Å². The molecule has 84 valence electrons. The highest BCUT2D eigenvalue weighted by Gasteiger charge is 2.00. The summed E-state index contributed by atoms with van der Waals surface area (Å²) in [6.07, 6.45) is 2.79. The smallest absolute Gasteiger partial charge is 0.140 e. The van der Waals surface area contributed by atoms with Gasteiger partial charge in [-0.2, -0.15) is 0 Å². The number of anilines is 1. The molecule has 15 heavy (non-hydrogen) atoms. The molecule has 3 nitrogen and oxygen atoms in total. The number of nitrogens with one attached hydrogen (secondary N) is 2. The lowest BCUT2D eigenvalue weighted by molar-refractivity contribution is 0.687. The second-order valence-corrected chi connectivity index (χ2v) is 4.45. The maximum Gasteiger partial charge on any atom is 0.140 e. The van der Waals surface area contributed by atoms with Gasteiger partial charge in [-0.25, -0.2) is 4.98 Å². The van der Waals surface area contributed by atoms with E-state index < -0.39 is 0 Å². The first-order valence-electron chi connectivity index (χ1n) is 4.99. The summed E-state index contributed by atoms with van der Waals surface area (Å²) in [5, 5.41) is 7.16. The molecule has 0 fully saturated rings. The van der Waals surface area contributed by atoms with Gasteiger partial charge in [0, 0.05) is 19.3 Å². The topological polar surface area (TPSA) is 37.0 Å². The third-order valence-electron chi connectivity index (χ3n) is 1.83. The molecule has 0 radical (unpaired) electrons. The van der Waals surface area contributed by atoms with Crippen molar-refractivity contribution in [3.05, 3.63) is 21.8 Å². The van der Waals surface area contributed by atoms with Gasteiger partial charge >= 0.3 is 0 Å². The van der Waals surface area contributed by atoms with Gasteiger partial charge in [-0.05, 0) is 35.0 Å². The van der Waals surface area contributed by atoms with E-state index in [1.54, 1.807) is 6.20 Å². The summed E-state index contributed by atoms with van der Waals surface area (Å²) < 4.78 is 0.894. The molecule has 2 N–H and O–H groups in total. The first kappa shape index (κ1) is 12.7. The lowest BCUT2D eigenvalue weighted by Gasteiger charge is -2.08. The molecule has 0 aliphatic carbocycles. The fourth-order valence-electron chi connectivity index (χ4n) is 1.12. The summed E-state index contributed by atoms with van der Waals surface area (Å²) in [4.78, 5) is 4.18. The quantitative estimate of drug-likeness (QED) is 0.792. The lowest BCUT2D eigenvalue weighted by Crippen LogP contribution is -2.23. The number of pyridine rings is 1. The summed E-state index contributed by atoms with van der Waals surface area (Å²) >= 11 is 9.19. The Bertz CT molecular complexity index is 307. The summed E-state index contributed by atoms with van der Waals surface area (Å²) in [7, 11) is 0. The highest BCUT2D eigenvalue weighted by atomic mass is 79.9. The third-order valence-corrected chi connectivity index (χ3v) is 2.64. The second-order valence-electron chi connectivity index (χ2n) is 3.16. The molecule has 1 heterocycles. The standard InChI is InChI=1S/C10H15BrClN3/c1-2-3-13-4-5-14-10-9(11)6-8(12)7-15-10/h6-7,13H,2-5H2,1H3,(H,14,15). The van der Waals surface area contributed by atoms with Crippen molar-refractivity contribution in [2.24, 2.45) is 0 Å². The molecule has 0 aliphatic heterocycles. The molecular formula is C10H15BrClN3. The van der Waals surface area contributed by atoms with Crippen molar-refractivity contribution in [1.82, 2.24) is 10.3 Å². The minimum atomic E-state index is 0.636. The normalized spacial score (nSPS) is 10.3. The van der Waals surface area contributed by atoms with E-state index in [0.29, 0.717) is 5.02 Å². The van der Waals surface area contributed by atoms with E-state index in [-0.39, 0.29) is 0 Å². The number of hydrogen-bond donors (Lipinski definition) is 2. The molecule has 0 aromatic carbocycles. The number of aromatic nitrogens is 1. The predicted octanol–water partition coefficient (Wildman–Crippen LogP) is 2.91. The van der Waals surface area contributed by atoms with Crippen LogP contribution in [0.1, 0.15) is 13.3 Å². The fourth-order valence-corrected chi connectivity index (χ4v) is 1.89. The number of halogens is 2. The highest BCUT2D eigenvalue weighted by molar-refractivity contribution is 9.10. The van der Waals surface area contributed by atoms with Gasteiger partial charge < -0.3 is 10.6 Å². The van der Waals surface area contributed by atoms with Crippen molar-refractivity contribution in [3.8, 4) is 0 Å². The minimum Gasteiger partial charge on any atom is -0.368 e. The number of rotatable bonds is 6. The van der Waals surface area contributed by atoms with Gasteiger partial charge in [-0.1, -0.05) is 18.5 Å². The van der Waals surface area contributed by atoms with E-state index in [0.717, 1.165) is 36.3 Å². The van der Waals surface area contributed by atoms with Crippen LogP contribution in [0.25, 0.3) is 0 Å². The average molecular weight is 293 g/mol. The Balaban J connectivity index is 2.31. The van der Waals surface area contributed by atoms with E-state index in [9.17, 15) is 0 Å². The first-order chi connectivity index (χ1) is 7.24. The molecule has 1 aromatic heterocycles. The van der Waals surface area contributed by atoms with Crippen LogP contribution in [-0.2, 0) is 0 Å². The number of nitrogens with zero attached hydrogens (tertiary/aromatic N) is 1. The Kier molecular flexibility index (Phi) is 5.98.